The first-order valence-electron chi connectivity index (χ1n) is 10.6. The van der Waals surface area contributed by atoms with Gasteiger partial charge in [0, 0.05) is 31.7 Å². The van der Waals surface area contributed by atoms with Crippen molar-refractivity contribution in [3.8, 4) is 22.4 Å². The third-order valence-corrected chi connectivity index (χ3v) is 7.49. The zero-order valence-corrected chi connectivity index (χ0v) is 21.5. The summed E-state index contributed by atoms with van der Waals surface area (Å²) in [6.07, 6.45) is 0. The molecule has 0 saturated carbocycles. The number of nitrogens with two attached hydrogens (primary N) is 1. The Bertz CT molecular complexity index is 1580. The van der Waals surface area contributed by atoms with Gasteiger partial charge in [-0.2, -0.15) is 0 Å². The van der Waals surface area contributed by atoms with Gasteiger partial charge in [-0.15, -0.1) is 11.3 Å². The van der Waals surface area contributed by atoms with Crippen molar-refractivity contribution >= 4 is 73.6 Å². The summed E-state index contributed by atoms with van der Waals surface area (Å²) >= 11 is 19.6. The van der Waals surface area contributed by atoms with Crippen molar-refractivity contribution in [2.45, 2.75) is 6.92 Å². The van der Waals surface area contributed by atoms with Crippen molar-refractivity contribution in [2.24, 2.45) is 0 Å². The molecule has 174 valence electrons. The summed E-state index contributed by atoms with van der Waals surface area (Å²) in [5.74, 6) is -0.314. The fraction of sp³-hybridized carbons (Fsp3) is 0.0370. The molecule has 0 fully saturated rings. The number of rotatable bonds is 4. The summed E-state index contributed by atoms with van der Waals surface area (Å²) in [4.78, 5) is 19.2. The zero-order valence-electron chi connectivity index (χ0n) is 18.4. The molecule has 0 saturated heterocycles. The summed E-state index contributed by atoms with van der Waals surface area (Å²) in [5, 5.41) is 5.47. The van der Waals surface area contributed by atoms with Crippen molar-refractivity contribution in [1.29, 1.82) is 0 Å². The van der Waals surface area contributed by atoms with E-state index in [1.165, 1.54) is 11.3 Å². The first-order valence-corrected chi connectivity index (χ1v) is 12.6. The largest absolute Gasteiger partial charge is 0.397 e. The Morgan fingerprint density at radius 1 is 0.857 bits per heavy atom. The van der Waals surface area contributed by atoms with Gasteiger partial charge in [-0.1, -0.05) is 65.1 Å². The minimum Gasteiger partial charge on any atom is -0.397 e. The number of thiophene rings is 1. The molecule has 1 amide bonds. The number of carbonyl (C=O) groups excluding carboxylic acids is 1. The molecule has 0 unspecified atom stereocenters. The molecule has 0 atom stereocenters. The van der Waals surface area contributed by atoms with Crippen LogP contribution >= 0.6 is 46.1 Å². The van der Waals surface area contributed by atoms with Crippen LogP contribution in [0.15, 0.2) is 72.8 Å². The predicted molar refractivity (Wildman–Crippen MR) is 149 cm³/mol. The topological polar surface area (TPSA) is 68.0 Å². The smallest absolute Gasteiger partial charge is 0.267 e. The number of anilines is 2. The minimum absolute atomic E-state index is 0.314. The Morgan fingerprint density at radius 3 is 2.11 bits per heavy atom. The number of benzene rings is 3. The quantitative estimate of drug-likeness (QED) is 0.240. The van der Waals surface area contributed by atoms with Crippen LogP contribution in [0.4, 0.5) is 11.4 Å². The van der Waals surface area contributed by atoms with Gasteiger partial charge < -0.3 is 11.1 Å². The molecule has 2 heterocycles. The van der Waals surface area contributed by atoms with Gasteiger partial charge in [0.2, 0.25) is 0 Å². The number of hydrogen-bond acceptors (Lipinski definition) is 4. The number of nitrogen functional groups attached to an aromatic ring is 1. The molecule has 0 aliphatic heterocycles. The van der Waals surface area contributed by atoms with E-state index in [0.717, 1.165) is 33.3 Å². The van der Waals surface area contributed by atoms with E-state index in [-0.39, 0.29) is 5.91 Å². The van der Waals surface area contributed by atoms with Crippen molar-refractivity contribution in [3.63, 3.8) is 0 Å². The highest BCUT2D eigenvalue weighted by Crippen LogP contribution is 2.42. The van der Waals surface area contributed by atoms with Crippen LogP contribution in [-0.4, -0.2) is 10.9 Å². The number of hydrogen-bond donors (Lipinski definition) is 2. The summed E-state index contributed by atoms with van der Waals surface area (Å²) in [6.45, 7) is 1.90. The average molecular weight is 539 g/mol. The first-order chi connectivity index (χ1) is 16.8. The number of aryl methyl sites for hydroxylation is 1. The summed E-state index contributed by atoms with van der Waals surface area (Å²) in [7, 11) is 0. The van der Waals surface area contributed by atoms with Gasteiger partial charge in [0.25, 0.3) is 5.91 Å². The van der Waals surface area contributed by atoms with E-state index in [1.54, 1.807) is 12.1 Å². The van der Waals surface area contributed by atoms with E-state index < -0.39 is 0 Å². The second kappa shape index (κ2) is 9.51. The number of nitrogens with zero attached hydrogens (tertiary/aromatic N) is 1. The summed E-state index contributed by atoms with van der Waals surface area (Å²) < 4.78 is 0. The van der Waals surface area contributed by atoms with Crippen LogP contribution in [0, 0.1) is 6.92 Å². The fourth-order valence-corrected chi connectivity index (χ4v) is 5.26. The maximum Gasteiger partial charge on any atom is 0.267 e. The average Bonchev–Trinajstić information content (AvgIpc) is 3.18. The fourth-order valence-electron chi connectivity index (χ4n) is 3.82. The molecule has 2 aromatic heterocycles. The Kier molecular flexibility index (Phi) is 6.43. The van der Waals surface area contributed by atoms with Crippen LogP contribution in [0.3, 0.4) is 0 Å². The number of halogens is 3. The maximum absolute atomic E-state index is 13.3. The highest BCUT2D eigenvalue weighted by atomic mass is 35.5. The molecule has 3 N–H and O–H groups in total. The molecule has 8 heteroatoms. The summed E-state index contributed by atoms with van der Waals surface area (Å²) in [6, 6.07) is 22.3. The van der Waals surface area contributed by atoms with Gasteiger partial charge >= 0.3 is 0 Å². The lowest BCUT2D eigenvalue weighted by molar-refractivity contribution is 0.103. The summed E-state index contributed by atoms with van der Waals surface area (Å²) in [5.41, 5.74) is 11.9. The number of fused-ring (bicyclic) bond motifs is 1. The molecule has 35 heavy (non-hydrogen) atoms. The molecule has 0 aliphatic carbocycles. The monoisotopic (exact) mass is 537 g/mol. The van der Waals surface area contributed by atoms with Gasteiger partial charge in [-0.05, 0) is 66.1 Å². The van der Waals surface area contributed by atoms with Crippen molar-refractivity contribution < 1.29 is 4.79 Å². The van der Waals surface area contributed by atoms with Crippen molar-refractivity contribution in [3.05, 3.63) is 98.3 Å². The minimum atomic E-state index is -0.314. The van der Waals surface area contributed by atoms with E-state index in [2.05, 4.69) is 5.32 Å². The lowest BCUT2D eigenvalue weighted by Gasteiger charge is -2.10. The van der Waals surface area contributed by atoms with Crippen molar-refractivity contribution in [2.75, 3.05) is 11.1 Å². The third-order valence-electron chi connectivity index (χ3n) is 5.65. The molecule has 0 spiro atoms. The number of amides is 1. The second-order valence-corrected chi connectivity index (χ2v) is 10.3. The highest BCUT2D eigenvalue weighted by molar-refractivity contribution is 7.21. The Labute approximate surface area is 221 Å². The molecule has 0 aliphatic rings. The Morgan fingerprint density at radius 2 is 1.46 bits per heavy atom. The van der Waals surface area contributed by atoms with Gasteiger partial charge in [0.05, 0.1) is 11.4 Å². The standard InChI is InChI=1S/C27H18Cl3N3OS/c1-14-2-7-19(30)12-21(14)32-26(34)25-24(31)23-20(15-3-8-17(28)9-4-15)13-22(33-27(23)35-25)16-5-10-18(29)11-6-16/h2-13H,31H2,1H3,(H,32,34). The van der Waals surface area contributed by atoms with Gasteiger partial charge in [-0.3, -0.25) is 4.79 Å². The molecular formula is C27H18Cl3N3OS. The molecule has 0 radical (unpaired) electrons. The number of nitrogens with one attached hydrogen (secondary N) is 1. The van der Waals surface area contributed by atoms with Crippen molar-refractivity contribution in [1.82, 2.24) is 4.98 Å². The van der Waals surface area contributed by atoms with Gasteiger partial charge in [0.1, 0.15) is 9.71 Å². The van der Waals surface area contributed by atoms with E-state index in [9.17, 15) is 4.79 Å². The lowest BCUT2D eigenvalue weighted by Crippen LogP contribution is -2.12. The van der Waals surface area contributed by atoms with Crippen LogP contribution in [-0.2, 0) is 0 Å². The molecular weight excluding hydrogens is 521 g/mol. The lowest BCUT2D eigenvalue weighted by atomic mass is 9.99. The maximum atomic E-state index is 13.3. The zero-order chi connectivity index (χ0) is 24.7. The molecule has 4 nitrogen and oxygen atoms in total. The highest BCUT2D eigenvalue weighted by Gasteiger charge is 2.22. The van der Waals surface area contributed by atoms with Crippen LogP contribution in [0.5, 0.6) is 0 Å². The SMILES string of the molecule is Cc1ccc(Cl)cc1NC(=O)c1sc2nc(-c3ccc(Cl)cc3)cc(-c3ccc(Cl)cc3)c2c1N. The van der Waals surface area contributed by atoms with E-state index >= 15 is 0 Å². The van der Waals surface area contributed by atoms with Crippen LogP contribution < -0.4 is 11.1 Å². The molecule has 5 rings (SSSR count). The predicted octanol–water partition coefficient (Wildman–Crippen LogP) is 8.73. The molecule has 0 bridgehead atoms. The Balaban J connectivity index is 1.67. The normalized spacial score (nSPS) is 11.1. The van der Waals surface area contributed by atoms with E-state index in [0.29, 0.717) is 36.2 Å². The van der Waals surface area contributed by atoms with E-state index in [4.69, 9.17) is 45.5 Å². The number of aromatic nitrogens is 1. The Hall–Kier alpha value is -3.09. The molecule has 3 aromatic carbocycles. The number of carbonyl (C=O) groups is 1. The van der Waals surface area contributed by atoms with Crippen LogP contribution in [0.25, 0.3) is 32.6 Å². The second-order valence-electron chi connectivity index (χ2n) is 8.01. The van der Waals surface area contributed by atoms with Gasteiger partial charge in [0.15, 0.2) is 0 Å². The van der Waals surface area contributed by atoms with E-state index in [1.807, 2.05) is 67.6 Å². The molecule has 5 aromatic rings. The van der Waals surface area contributed by atoms with Crippen LogP contribution in [0.1, 0.15) is 15.2 Å². The number of pyridine rings is 1. The first kappa shape index (κ1) is 23.6. The van der Waals surface area contributed by atoms with Gasteiger partial charge in [-0.25, -0.2) is 4.98 Å². The third kappa shape index (κ3) is 4.73. The van der Waals surface area contributed by atoms with Crippen LogP contribution in [0.2, 0.25) is 15.1 Å².